The molecule has 2 aliphatic rings. The largest absolute Gasteiger partial charge is 0.461 e. The van der Waals surface area contributed by atoms with Crippen molar-refractivity contribution in [1.29, 1.82) is 0 Å². The van der Waals surface area contributed by atoms with E-state index in [0.29, 0.717) is 42.1 Å². The number of nitrogens with zero attached hydrogens (tertiary/aromatic N) is 6. The maximum atomic E-state index is 12.6. The molecule has 2 fully saturated rings. The molecule has 0 atom stereocenters. The summed E-state index contributed by atoms with van der Waals surface area (Å²) in [6.45, 7) is 5.03. The van der Waals surface area contributed by atoms with Gasteiger partial charge < -0.3 is 18.8 Å². The molecule has 10 heteroatoms. The summed E-state index contributed by atoms with van der Waals surface area (Å²) in [5.41, 5.74) is 0. The van der Waals surface area contributed by atoms with Crippen molar-refractivity contribution in [3.05, 3.63) is 18.4 Å². The molecule has 9 nitrogen and oxygen atoms in total. The Bertz CT molecular complexity index is 838. The van der Waals surface area contributed by atoms with Crippen molar-refractivity contribution in [2.24, 2.45) is 7.05 Å². The summed E-state index contributed by atoms with van der Waals surface area (Å²) in [4.78, 5) is 30.8. The molecule has 0 aromatic carbocycles. The third-order valence-electron chi connectivity index (χ3n) is 5.44. The first-order valence-electron chi connectivity index (χ1n) is 9.96. The quantitative estimate of drug-likeness (QED) is 0.645. The number of carbonyl (C=O) groups is 2. The number of rotatable bonds is 6. The fourth-order valence-corrected chi connectivity index (χ4v) is 4.51. The van der Waals surface area contributed by atoms with Crippen LogP contribution in [0.3, 0.4) is 0 Å². The van der Waals surface area contributed by atoms with Crippen LogP contribution >= 0.6 is 11.8 Å². The molecule has 2 amide bonds. The molecule has 0 spiro atoms. The van der Waals surface area contributed by atoms with Gasteiger partial charge in [0.05, 0.1) is 18.6 Å². The zero-order chi connectivity index (χ0) is 20.2. The number of carbonyl (C=O) groups excluding carboxylic acids is 2. The Hall–Kier alpha value is -2.33. The van der Waals surface area contributed by atoms with Gasteiger partial charge in [-0.15, -0.1) is 10.2 Å². The Kier molecular flexibility index (Phi) is 6.19. The monoisotopic (exact) mass is 418 g/mol. The molecule has 0 unspecified atom stereocenters. The predicted octanol–water partition coefficient (Wildman–Crippen LogP) is 0.934. The molecule has 0 saturated carbocycles. The minimum Gasteiger partial charge on any atom is -0.461 e. The molecule has 0 bridgehead atoms. The lowest BCUT2D eigenvalue weighted by Crippen LogP contribution is -2.51. The van der Waals surface area contributed by atoms with Crippen molar-refractivity contribution in [3.63, 3.8) is 0 Å². The third-order valence-corrected chi connectivity index (χ3v) is 6.45. The minimum atomic E-state index is 0.0862. The van der Waals surface area contributed by atoms with E-state index in [1.54, 1.807) is 12.3 Å². The molecule has 2 aliphatic heterocycles. The molecule has 2 saturated heterocycles. The van der Waals surface area contributed by atoms with Crippen LogP contribution < -0.4 is 0 Å². The highest BCUT2D eigenvalue weighted by atomic mass is 32.2. The first kappa shape index (κ1) is 20.0. The number of furan rings is 1. The van der Waals surface area contributed by atoms with Crippen molar-refractivity contribution in [3.8, 4) is 11.6 Å². The van der Waals surface area contributed by atoms with Crippen LogP contribution in [0, 0.1) is 0 Å². The Labute approximate surface area is 174 Å². The van der Waals surface area contributed by atoms with Crippen LogP contribution in [0.1, 0.15) is 12.8 Å². The highest BCUT2D eigenvalue weighted by Gasteiger charge is 2.25. The number of piperazine rings is 1. The SMILES string of the molecule is Cn1c(SCC(=O)N2CCN(CC(=O)N3CCCC3)CC2)nnc1-c1ccco1. The average molecular weight is 419 g/mol. The second kappa shape index (κ2) is 9.00. The van der Waals surface area contributed by atoms with Crippen molar-refractivity contribution < 1.29 is 14.0 Å². The smallest absolute Gasteiger partial charge is 0.236 e. The Morgan fingerprint density at radius 2 is 1.76 bits per heavy atom. The Balaban J connectivity index is 1.23. The topological polar surface area (TPSA) is 87.7 Å². The summed E-state index contributed by atoms with van der Waals surface area (Å²) in [6.07, 6.45) is 3.82. The van der Waals surface area contributed by atoms with E-state index in [9.17, 15) is 9.59 Å². The van der Waals surface area contributed by atoms with E-state index in [1.165, 1.54) is 11.8 Å². The fraction of sp³-hybridized carbons (Fsp3) is 0.579. The van der Waals surface area contributed by atoms with E-state index in [4.69, 9.17) is 4.42 Å². The highest BCUT2D eigenvalue weighted by Crippen LogP contribution is 2.23. The van der Waals surface area contributed by atoms with Gasteiger partial charge in [0, 0.05) is 46.3 Å². The summed E-state index contributed by atoms with van der Waals surface area (Å²) in [5.74, 6) is 1.91. The van der Waals surface area contributed by atoms with Gasteiger partial charge in [-0.25, -0.2) is 0 Å². The van der Waals surface area contributed by atoms with Gasteiger partial charge in [0.1, 0.15) is 0 Å². The van der Waals surface area contributed by atoms with Crippen LogP contribution in [0.4, 0.5) is 0 Å². The van der Waals surface area contributed by atoms with Gasteiger partial charge in [-0.05, 0) is 25.0 Å². The molecule has 4 rings (SSSR count). The van der Waals surface area contributed by atoms with Crippen LogP contribution in [-0.4, -0.2) is 92.8 Å². The van der Waals surface area contributed by atoms with Crippen LogP contribution in [0.25, 0.3) is 11.6 Å². The third kappa shape index (κ3) is 4.64. The van der Waals surface area contributed by atoms with Gasteiger partial charge in [0.25, 0.3) is 0 Å². The predicted molar refractivity (Wildman–Crippen MR) is 108 cm³/mol. The lowest BCUT2D eigenvalue weighted by atomic mass is 10.3. The number of hydrogen-bond acceptors (Lipinski definition) is 7. The molecule has 2 aromatic rings. The average Bonchev–Trinajstić information content (AvgIpc) is 3.49. The van der Waals surface area contributed by atoms with E-state index >= 15 is 0 Å². The first-order valence-corrected chi connectivity index (χ1v) is 10.9. The van der Waals surface area contributed by atoms with Gasteiger partial charge in [-0.2, -0.15) is 0 Å². The molecular weight excluding hydrogens is 392 g/mol. The van der Waals surface area contributed by atoms with Crippen LogP contribution in [0.15, 0.2) is 28.0 Å². The molecule has 0 N–H and O–H groups in total. The Morgan fingerprint density at radius 1 is 1.03 bits per heavy atom. The van der Waals surface area contributed by atoms with Gasteiger partial charge in [0.2, 0.25) is 11.8 Å². The molecule has 4 heterocycles. The summed E-state index contributed by atoms with van der Waals surface area (Å²) in [7, 11) is 1.86. The van der Waals surface area contributed by atoms with Crippen molar-refractivity contribution in [2.45, 2.75) is 18.0 Å². The van der Waals surface area contributed by atoms with E-state index < -0.39 is 0 Å². The maximum absolute atomic E-state index is 12.6. The zero-order valence-electron chi connectivity index (χ0n) is 16.6. The second-order valence-corrected chi connectivity index (χ2v) is 8.32. The summed E-state index contributed by atoms with van der Waals surface area (Å²) in [6, 6.07) is 3.64. The summed E-state index contributed by atoms with van der Waals surface area (Å²) in [5, 5.41) is 9.00. The molecule has 0 radical (unpaired) electrons. The lowest BCUT2D eigenvalue weighted by molar-refractivity contribution is -0.133. The van der Waals surface area contributed by atoms with Gasteiger partial charge >= 0.3 is 0 Å². The number of thioether (sulfide) groups is 1. The molecule has 0 aliphatic carbocycles. The lowest BCUT2D eigenvalue weighted by Gasteiger charge is -2.35. The van der Waals surface area contributed by atoms with E-state index in [1.807, 2.05) is 27.5 Å². The fourth-order valence-electron chi connectivity index (χ4n) is 3.69. The number of likely N-dealkylation sites (tertiary alicyclic amines) is 1. The maximum Gasteiger partial charge on any atom is 0.236 e. The summed E-state index contributed by atoms with van der Waals surface area (Å²) >= 11 is 1.38. The van der Waals surface area contributed by atoms with E-state index in [-0.39, 0.29) is 11.8 Å². The standard InChI is InChI=1S/C19H26N6O3S/c1-22-18(15-5-4-12-28-15)20-21-19(22)29-14-17(27)25-10-8-23(9-11-25)13-16(26)24-6-2-3-7-24/h4-5,12H,2-3,6-11,13-14H2,1H3. The van der Waals surface area contributed by atoms with Crippen LogP contribution in [-0.2, 0) is 16.6 Å². The Morgan fingerprint density at radius 3 is 2.45 bits per heavy atom. The molecule has 2 aromatic heterocycles. The normalized spacial score (nSPS) is 17.8. The summed E-state index contributed by atoms with van der Waals surface area (Å²) < 4.78 is 7.20. The second-order valence-electron chi connectivity index (χ2n) is 7.38. The highest BCUT2D eigenvalue weighted by molar-refractivity contribution is 7.99. The first-order chi connectivity index (χ1) is 14.1. The van der Waals surface area contributed by atoms with Gasteiger partial charge in [-0.1, -0.05) is 11.8 Å². The van der Waals surface area contributed by atoms with Crippen molar-refractivity contribution >= 4 is 23.6 Å². The molecular formula is C19H26N6O3S. The minimum absolute atomic E-state index is 0.0862. The van der Waals surface area contributed by atoms with Crippen LogP contribution in [0.5, 0.6) is 0 Å². The number of aromatic nitrogens is 3. The van der Waals surface area contributed by atoms with E-state index in [2.05, 4.69) is 15.1 Å². The van der Waals surface area contributed by atoms with Gasteiger partial charge in [0.15, 0.2) is 16.7 Å². The van der Waals surface area contributed by atoms with Crippen molar-refractivity contribution in [2.75, 3.05) is 51.6 Å². The molecule has 29 heavy (non-hydrogen) atoms. The molecule has 156 valence electrons. The number of amides is 2. The van der Waals surface area contributed by atoms with Crippen molar-refractivity contribution in [1.82, 2.24) is 29.5 Å². The number of hydrogen-bond donors (Lipinski definition) is 0. The van der Waals surface area contributed by atoms with Crippen LogP contribution in [0.2, 0.25) is 0 Å². The van der Waals surface area contributed by atoms with Gasteiger partial charge in [-0.3, -0.25) is 14.5 Å². The zero-order valence-corrected chi connectivity index (χ0v) is 17.4. The van der Waals surface area contributed by atoms with E-state index in [0.717, 1.165) is 39.0 Å².